The quantitative estimate of drug-likeness (QED) is 0.586. The maximum atomic E-state index is 11.9. The predicted octanol–water partition coefficient (Wildman–Crippen LogP) is 2.01. The lowest BCUT2D eigenvalue weighted by atomic mass is 9.91. The van der Waals surface area contributed by atoms with Crippen LogP contribution in [0.5, 0.6) is 0 Å². The largest absolute Gasteiger partial charge is 0.512 e. The van der Waals surface area contributed by atoms with E-state index in [0.717, 1.165) is 6.08 Å². The van der Waals surface area contributed by atoms with Crippen LogP contribution < -0.4 is 5.32 Å². The number of rotatable bonds is 3. The number of allylic oxidation sites excluding steroid dienone is 1. The molecule has 1 aliphatic rings. The number of carbonyl (C=O) groups excluding carboxylic acids is 2. The second-order valence-corrected chi connectivity index (χ2v) is 5.34. The van der Waals surface area contributed by atoms with Crippen LogP contribution in [0.4, 0.5) is 5.69 Å². The third-order valence-electron chi connectivity index (χ3n) is 2.86. The summed E-state index contributed by atoms with van der Waals surface area (Å²) in [6.07, 6.45) is 0.642. The highest BCUT2D eigenvalue weighted by atomic mass is 79.9. The molecule has 100 valence electrons. The van der Waals surface area contributed by atoms with Crippen molar-refractivity contribution in [2.75, 3.05) is 5.32 Å². The summed E-state index contributed by atoms with van der Waals surface area (Å²) in [7, 11) is 0. The molecular weight excluding hydrogens is 314 g/mol. The van der Waals surface area contributed by atoms with Crippen LogP contribution in [-0.2, 0) is 15.2 Å². The molecular formula is C13H12BrNO4. The van der Waals surface area contributed by atoms with E-state index in [1.54, 1.807) is 18.2 Å². The minimum atomic E-state index is -1.87. The van der Waals surface area contributed by atoms with Gasteiger partial charge in [0.1, 0.15) is 0 Å². The molecule has 0 radical (unpaired) electrons. The molecule has 0 spiro atoms. The topological polar surface area (TPSA) is 86.6 Å². The van der Waals surface area contributed by atoms with Gasteiger partial charge in [-0.2, -0.15) is 0 Å². The smallest absolute Gasteiger partial charge is 0.261 e. The van der Waals surface area contributed by atoms with Crippen LogP contribution in [0.15, 0.2) is 34.5 Å². The summed E-state index contributed by atoms with van der Waals surface area (Å²) in [5, 5.41) is 22.7. The third kappa shape index (κ3) is 2.54. The van der Waals surface area contributed by atoms with Gasteiger partial charge in [0, 0.05) is 28.2 Å². The number of ketones is 1. The first-order valence-electron chi connectivity index (χ1n) is 5.57. The van der Waals surface area contributed by atoms with Crippen molar-refractivity contribution in [1.29, 1.82) is 0 Å². The Bertz CT molecular complexity index is 596. The van der Waals surface area contributed by atoms with Gasteiger partial charge in [0.05, 0.1) is 5.76 Å². The van der Waals surface area contributed by atoms with Crippen LogP contribution in [0, 0.1) is 0 Å². The molecule has 1 amide bonds. The molecule has 1 aromatic rings. The molecule has 0 fully saturated rings. The first kappa shape index (κ1) is 13.8. The van der Waals surface area contributed by atoms with Crippen LogP contribution in [-0.4, -0.2) is 21.9 Å². The molecule has 1 unspecified atom stereocenters. The van der Waals surface area contributed by atoms with Gasteiger partial charge in [0.25, 0.3) is 5.91 Å². The van der Waals surface area contributed by atoms with Crippen molar-refractivity contribution in [3.05, 3.63) is 40.1 Å². The van der Waals surface area contributed by atoms with E-state index in [0.29, 0.717) is 15.7 Å². The highest BCUT2D eigenvalue weighted by Gasteiger charge is 2.46. The molecule has 0 bridgehead atoms. The minimum Gasteiger partial charge on any atom is -0.512 e. The maximum absolute atomic E-state index is 11.9. The second-order valence-electron chi connectivity index (χ2n) is 4.43. The SMILES string of the molecule is CC(=O)/C=C(/O)CC1(O)C(=O)Nc2ccc(Br)cc21. The fraction of sp³-hybridized carbons (Fsp3) is 0.231. The Morgan fingerprint density at radius 1 is 1.53 bits per heavy atom. The average molecular weight is 326 g/mol. The van der Waals surface area contributed by atoms with Gasteiger partial charge in [-0.15, -0.1) is 0 Å². The Morgan fingerprint density at radius 3 is 2.84 bits per heavy atom. The second kappa shape index (κ2) is 4.79. The molecule has 0 aromatic heterocycles. The molecule has 0 saturated heterocycles. The van der Waals surface area contributed by atoms with Crippen molar-refractivity contribution in [3.8, 4) is 0 Å². The number of aliphatic hydroxyl groups excluding tert-OH is 1. The highest BCUT2D eigenvalue weighted by Crippen LogP contribution is 2.40. The van der Waals surface area contributed by atoms with Crippen molar-refractivity contribution in [3.63, 3.8) is 0 Å². The Hall–Kier alpha value is -1.66. The van der Waals surface area contributed by atoms with E-state index in [-0.39, 0.29) is 18.0 Å². The minimum absolute atomic E-state index is 0.335. The van der Waals surface area contributed by atoms with Gasteiger partial charge in [-0.1, -0.05) is 15.9 Å². The number of fused-ring (bicyclic) bond motifs is 1. The number of hydrogen-bond acceptors (Lipinski definition) is 4. The number of benzene rings is 1. The van der Waals surface area contributed by atoms with Gasteiger partial charge in [0.2, 0.25) is 0 Å². The van der Waals surface area contributed by atoms with Crippen molar-refractivity contribution in [2.24, 2.45) is 0 Å². The summed E-state index contributed by atoms with van der Waals surface area (Å²) >= 11 is 3.26. The highest BCUT2D eigenvalue weighted by molar-refractivity contribution is 9.10. The number of aliphatic hydroxyl groups is 2. The number of carbonyl (C=O) groups is 2. The van der Waals surface area contributed by atoms with Crippen LogP contribution in [0.3, 0.4) is 0 Å². The third-order valence-corrected chi connectivity index (χ3v) is 3.35. The molecule has 0 aliphatic carbocycles. The molecule has 3 N–H and O–H groups in total. The average Bonchev–Trinajstić information content (AvgIpc) is 2.51. The number of anilines is 1. The van der Waals surface area contributed by atoms with Crippen molar-refractivity contribution in [2.45, 2.75) is 18.9 Å². The number of amides is 1. The van der Waals surface area contributed by atoms with Gasteiger partial charge < -0.3 is 15.5 Å². The lowest BCUT2D eigenvalue weighted by Gasteiger charge is -2.20. The summed E-state index contributed by atoms with van der Waals surface area (Å²) < 4.78 is 0.705. The monoisotopic (exact) mass is 325 g/mol. The molecule has 1 heterocycles. The number of nitrogens with one attached hydrogen (secondary N) is 1. The summed E-state index contributed by atoms with van der Waals surface area (Å²) in [5.41, 5.74) is -1.00. The zero-order chi connectivity index (χ0) is 14.2. The normalized spacial score (nSPS) is 22.1. The van der Waals surface area contributed by atoms with E-state index in [1.807, 2.05) is 0 Å². The number of hydrogen-bond donors (Lipinski definition) is 3. The van der Waals surface area contributed by atoms with E-state index in [1.165, 1.54) is 6.92 Å². The first-order chi connectivity index (χ1) is 8.83. The first-order valence-corrected chi connectivity index (χ1v) is 6.36. The summed E-state index contributed by atoms with van der Waals surface area (Å²) in [5.74, 6) is -1.31. The van der Waals surface area contributed by atoms with Crippen LogP contribution >= 0.6 is 15.9 Å². The Balaban J connectivity index is 2.41. The molecule has 1 aromatic carbocycles. The molecule has 19 heavy (non-hydrogen) atoms. The standard InChI is InChI=1S/C13H12BrNO4/c1-7(16)4-9(17)6-13(19)10-5-8(14)2-3-11(10)15-12(13)18/h2-5,17,19H,6H2,1H3,(H,15,18)/b9-4+. The fourth-order valence-electron chi connectivity index (χ4n) is 2.04. The molecule has 1 aliphatic heterocycles. The Kier molecular flexibility index (Phi) is 3.47. The maximum Gasteiger partial charge on any atom is 0.261 e. The fourth-order valence-corrected chi connectivity index (χ4v) is 2.40. The molecule has 0 saturated carbocycles. The zero-order valence-electron chi connectivity index (χ0n) is 10.1. The molecule has 6 heteroatoms. The van der Waals surface area contributed by atoms with Crippen molar-refractivity contribution < 1.29 is 19.8 Å². The lowest BCUT2D eigenvalue weighted by molar-refractivity contribution is -0.134. The van der Waals surface area contributed by atoms with Gasteiger partial charge in [-0.3, -0.25) is 9.59 Å². The van der Waals surface area contributed by atoms with Crippen LogP contribution in [0.2, 0.25) is 0 Å². The van der Waals surface area contributed by atoms with Crippen LogP contribution in [0.25, 0.3) is 0 Å². The van der Waals surface area contributed by atoms with E-state index >= 15 is 0 Å². The molecule has 5 nitrogen and oxygen atoms in total. The van der Waals surface area contributed by atoms with Crippen molar-refractivity contribution in [1.82, 2.24) is 0 Å². The lowest BCUT2D eigenvalue weighted by Crippen LogP contribution is -2.34. The van der Waals surface area contributed by atoms with Gasteiger partial charge >= 0.3 is 0 Å². The summed E-state index contributed by atoms with van der Waals surface area (Å²) in [4.78, 5) is 22.8. The number of halogens is 1. The van der Waals surface area contributed by atoms with E-state index in [2.05, 4.69) is 21.2 Å². The van der Waals surface area contributed by atoms with Gasteiger partial charge in [-0.25, -0.2) is 0 Å². The van der Waals surface area contributed by atoms with E-state index in [4.69, 9.17) is 0 Å². The van der Waals surface area contributed by atoms with Crippen molar-refractivity contribution >= 4 is 33.3 Å². The predicted molar refractivity (Wildman–Crippen MR) is 72.7 cm³/mol. The van der Waals surface area contributed by atoms with Gasteiger partial charge in [-0.05, 0) is 25.1 Å². The van der Waals surface area contributed by atoms with E-state index < -0.39 is 11.5 Å². The van der Waals surface area contributed by atoms with Crippen LogP contribution in [0.1, 0.15) is 18.9 Å². The van der Waals surface area contributed by atoms with Gasteiger partial charge in [0.15, 0.2) is 11.4 Å². The summed E-state index contributed by atoms with van der Waals surface area (Å²) in [6.45, 7) is 1.28. The molecule has 2 rings (SSSR count). The summed E-state index contributed by atoms with van der Waals surface area (Å²) in [6, 6.07) is 4.99. The molecule has 1 atom stereocenters. The zero-order valence-corrected chi connectivity index (χ0v) is 11.7. The van der Waals surface area contributed by atoms with E-state index in [9.17, 15) is 19.8 Å². The Labute approximate surface area is 118 Å². The Morgan fingerprint density at radius 2 is 2.21 bits per heavy atom.